The lowest BCUT2D eigenvalue weighted by molar-refractivity contribution is -0.118. The number of carbonyl (C=O) groups excluding carboxylic acids is 1. The number of fused-ring (bicyclic) bond motifs is 1. The molecule has 2 aromatic heterocycles. The number of nitrogens with one attached hydrogen (secondary N) is 1. The van der Waals surface area contributed by atoms with Gasteiger partial charge in [-0.05, 0) is 6.42 Å². The van der Waals surface area contributed by atoms with Crippen LogP contribution in [-0.4, -0.2) is 51.0 Å². The summed E-state index contributed by atoms with van der Waals surface area (Å²) in [5.74, 6) is 0.491. The van der Waals surface area contributed by atoms with Gasteiger partial charge in [0, 0.05) is 34.2 Å². The maximum absolute atomic E-state index is 12.6. The van der Waals surface area contributed by atoms with E-state index in [0.717, 1.165) is 17.4 Å². The zero-order valence-electron chi connectivity index (χ0n) is 16.1. The molecule has 2 rings (SSSR count). The van der Waals surface area contributed by atoms with Crippen molar-refractivity contribution in [3.63, 3.8) is 0 Å². The summed E-state index contributed by atoms with van der Waals surface area (Å²) in [7, 11) is 4.55. The lowest BCUT2D eigenvalue weighted by Crippen LogP contribution is -2.38. The van der Waals surface area contributed by atoms with E-state index in [9.17, 15) is 14.4 Å². The Morgan fingerprint density at radius 2 is 1.96 bits per heavy atom. The van der Waals surface area contributed by atoms with Crippen molar-refractivity contribution >= 4 is 28.7 Å². The number of rotatable bonds is 9. The fraction of sp³-hybridized carbons (Fsp3) is 0.588. The Balaban J connectivity index is 2.44. The minimum absolute atomic E-state index is 0.106. The number of nitrogens with zero attached hydrogens (tertiary/aromatic N) is 4. The number of thioether (sulfide) groups is 1. The van der Waals surface area contributed by atoms with Crippen LogP contribution in [0.3, 0.4) is 0 Å². The second-order valence-corrected chi connectivity index (χ2v) is 7.05. The number of hydrogen-bond donors (Lipinski definition) is 1. The van der Waals surface area contributed by atoms with Crippen LogP contribution in [-0.2, 0) is 30.0 Å². The van der Waals surface area contributed by atoms with E-state index in [4.69, 9.17) is 4.74 Å². The molecule has 0 saturated carbocycles. The maximum atomic E-state index is 12.6. The van der Waals surface area contributed by atoms with E-state index in [2.05, 4.69) is 22.2 Å². The molecule has 0 aromatic carbocycles. The fourth-order valence-corrected chi connectivity index (χ4v) is 3.36. The van der Waals surface area contributed by atoms with Gasteiger partial charge in [-0.3, -0.25) is 18.7 Å². The third-order valence-corrected chi connectivity index (χ3v) is 5.01. The molecule has 0 bridgehead atoms. The first-order chi connectivity index (χ1) is 12.9. The largest absolute Gasteiger partial charge is 0.383 e. The van der Waals surface area contributed by atoms with Crippen LogP contribution in [0.15, 0.2) is 14.6 Å². The zero-order chi connectivity index (χ0) is 20.0. The summed E-state index contributed by atoms with van der Waals surface area (Å²) in [5, 5.41) is 3.41. The van der Waals surface area contributed by atoms with Gasteiger partial charge in [0.15, 0.2) is 5.65 Å². The van der Waals surface area contributed by atoms with E-state index in [1.165, 1.54) is 23.4 Å². The van der Waals surface area contributed by atoms with Gasteiger partial charge in [-0.25, -0.2) is 14.8 Å². The van der Waals surface area contributed by atoms with Crippen LogP contribution in [0.5, 0.6) is 0 Å². The second kappa shape index (κ2) is 9.65. The van der Waals surface area contributed by atoms with Crippen molar-refractivity contribution < 1.29 is 9.53 Å². The smallest absolute Gasteiger partial charge is 0.332 e. The molecule has 2 heterocycles. The van der Waals surface area contributed by atoms with Gasteiger partial charge in [-0.2, -0.15) is 0 Å². The molecule has 10 heteroatoms. The minimum atomic E-state index is -0.461. The summed E-state index contributed by atoms with van der Waals surface area (Å²) in [6.45, 7) is 2.90. The van der Waals surface area contributed by atoms with Gasteiger partial charge in [0.05, 0.1) is 12.4 Å². The predicted molar refractivity (Wildman–Crippen MR) is 104 cm³/mol. The zero-order valence-corrected chi connectivity index (χ0v) is 16.9. The number of ether oxygens (including phenoxy) is 1. The Hall–Kier alpha value is -2.20. The van der Waals surface area contributed by atoms with Gasteiger partial charge in [0.2, 0.25) is 5.91 Å². The van der Waals surface area contributed by atoms with Crippen molar-refractivity contribution in [2.24, 2.45) is 14.1 Å². The molecule has 0 aliphatic carbocycles. The van der Waals surface area contributed by atoms with Gasteiger partial charge < -0.3 is 10.1 Å². The van der Waals surface area contributed by atoms with Gasteiger partial charge in [0.25, 0.3) is 5.56 Å². The molecule has 0 unspecified atom stereocenters. The van der Waals surface area contributed by atoms with Gasteiger partial charge in [0.1, 0.15) is 16.2 Å². The van der Waals surface area contributed by atoms with Crippen LogP contribution < -0.4 is 16.6 Å². The van der Waals surface area contributed by atoms with Gasteiger partial charge in [-0.15, -0.1) is 0 Å². The molecule has 0 aliphatic heterocycles. The van der Waals surface area contributed by atoms with Crippen LogP contribution in [0.1, 0.15) is 25.6 Å². The molecule has 9 nitrogen and oxygen atoms in total. The Kier molecular flexibility index (Phi) is 7.55. The normalized spacial score (nSPS) is 11.1. The summed E-state index contributed by atoms with van der Waals surface area (Å²) in [6.07, 6.45) is 2.51. The minimum Gasteiger partial charge on any atom is -0.383 e. The number of aryl methyl sites for hydroxylation is 2. The highest BCUT2D eigenvalue weighted by atomic mass is 32.2. The fourth-order valence-electron chi connectivity index (χ4n) is 2.50. The molecule has 0 saturated heterocycles. The van der Waals surface area contributed by atoms with E-state index in [1.54, 1.807) is 14.2 Å². The number of methoxy groups -OCH3 is 1. The maximum Gasteiger partial charge on any atom is 0.332 e. The third kappa shape index (κ3) is 4.95. The average molecular weight is 395 g/mol. The average Bonchev–Trinajstić information content (AvgIpc) is 2.67. The van der Waals surface area contributed by atoms with Crippen LogP contribution in [0, 0.1) is 0 Å². The highest BCUT2D eigenvalue weighted by Crippen LogP contribution is 2.22. The first-order valence-corrected chi connectivity index (χ1v) is 9.74. The predicted octanol–water partition coefficient (Wildman–Crippen LogP) is 0.225. The van der Waals surface area contributed by atoms with E-state index in [-0.39, 0.29) is 17.0 Å². The van der Waals surface area contributed by atoms with Crippen molar-refractivity contribution in [2.45, 2.75) is 31.2 Å². The standard InChI is InChI=1S/C17H25N5O4S/c1-5-6-7-11-19-14-13(16(24)22(3)17(25)21(14)2)15(20-11)27-10-12(23)18-8-9-26-4/h5-10H2,1-4H3,(H,18,23). The van der Waals surface area contributed by atoms with Crippen molar-refractivity contribution in [3.8, 4) is 0 Å². The summed E-state index contributed by atoms with van der Waals surface area (Å²) in [4.78, 5) is 45.8. The lowest BCUT2D eigenvalue weighted by Gasteiger charge is -2.12. The van der Waals surface area contributed by atoms with E-state index >= 15 is 0 Å². The van der Waals surface area contributed by atoms with E-state index in [0.29, 0.717) is 36.1 Å². The molecule has 1 amide bonds. The summed E-state index contributed by atoms with van der Waals surface area (Å²) >= 11 is 1.17. The number of aromatic nitrogens is 4. The first-order valence-electron chi connectivity index (χ1n) is 8.75. The molecule has 148 valence electrons. The molecular formula is C17H25N5O4S. The number of carbonyl (C=O) groups is 1. The number of unbranched alkanes of at least 4 members (excludes halogenated alkanes) is 1. The Morgan fingerprint density at radius 1 is 1.22 bits per heavy atom. The first kappa shape index (κ1) is 21.1. The molecule has 0 aliphatic rings. The molecule has 27 heavy (non-hydrogen) atoms. The third-order valence-electron chi connectivity index (χ3n) is 4.04. The van der Waals surface area contributed by atoms with Crippen LogP contribution in [0.25, 0.3) is 11.0 Å². The van der Waals surface area contributed by atoms with Crippen LogP contribution >= 0.6 is 11.8 Å². The molecule has 0 spiro atoms. The Morgan fingerprint density at radius 3 is 2.63 bits per heavy atom. The molecule has 2 aromatic rings. The number of hydrogen-bond acceptors (Lipinski definition) is 7. The summed E-state index contributed by atoms with van der Waals surface area (Å²) in [5.41, 5.74) is -0.607. The van der Waals surface area contributed by atoms with Crippen molar-refractivity contribution in [1.82, 2.24) is 24.4 Å². The summed E-state index contributed by atoms with van der Waals surface area (Å²) in [6, 6.07) is 0. The molecular weight excluding hydrogens is 370 g/mol. The van der Waals surface area contributed by atoms with E-state index < -0.39 is 11.2 Å². The van der Waals surface area contributed by atoms with Crippen LogP contribution in [0.2, 0.25) is 0 Å². The molecule has 1 N–H and O–H groups in total. The Bertz CT molecular complexity index is 938. The number of amides is 1. The van der Waals surface area contributed by atoms with Crippen LogP contribution in [0.4, 0.5) is 0 Å². The van der Waals surface area contributed by atoms with Gasteiger partial charge >= 0.3 is 5.69 Å². The Labute approximate surface area is 161 Å². The van der Waals surface area contributed by atoms with E-state index in [1.807, 2.05) is 0 Å². The van der Waals surface area contributed by atoms with Crippen molar-refractivity contribution in [1.29, 1.82) is 0 Å². The highest BCUT2D eigenvalue weighted by Gasteiger charge is 2.18. The quantitative estimate of drug-likeness (QED) is 0.368. The monoisotopic (exact) mass is 395 g/mol. The lowest BCUT2D eigenvalue weighted by atomic mass is 10.2. The second-order valence-electron chi connectivity index (χ2n) is 6.08. The summed E-state index contributed by atoms with van der Waals surface area (Å²) < 4.78 is 7.27. The highest BCUT2D eigenvalue weighted by molar-refractivity contribution is 8.00. The topological polar surface area (TPSA) is 108 Å². The van der Waals surface area contributed by atoms with Crippen molar-refractivity contribution in [3.05, 3.63) is 26.7 Å². The van der Waals surface area contributed by atoms with Gasteiger partial charge in [-0.1, -0.05) is 25.1 Å². The SMILES string of the molecule is CCCCc1nc(SCC(=O)NCCOC)c2c(=O)n(C)c(=O)n(C)c2n1. The molecule has 0 radical (unpaired) electrons. The van der Waals surface area contributed by atoms with Crippen molar-refractivity contribution in [2.75, 3.05) is 26.0 Å². The molecule has 0 atom stereocenters. The molecule has 0 fully saturated rings.